The van der Waals surface area contributed by atoms with Gasteiger partial charge in [-0.05, 0) is 56.6 Å². The first kappa shape index (κ1) is 18.7. The summed E-state index contributed by atoms with van der Waals surface area (Å²) in [6.45, 7) is 10.7. The van der Waals surface area contributed by atoms with Crippen LogP contribution in [0.1, 0.15) is 43.7 Å². The Hall–Kier alpha value is -1.63. The number of nitrogens with zero attached hydrogens (tertiary/aromatic N) is 3. The van der Waals surface area contributed by atoms with Crippen LogP contribution < -0.4 is 0 Å². The largest absolute Gasteiger partial charge is 0.444 e. The fraction of sp³-hybridized carbons (Fsp3) is 0.588. The lowest BCUT2D eigenvalue weighted by atomic mass is 10.1. The average Bonchev–Trinajstić information content (AvgIpc) is 2.47. The molecule has 1 aliphatic heterocycles. The van der Waals surface area contributed by atoms with Crippen molar-refractivity contribution >= 4 is 27.9 Å². The molecule has 1 aliphatic rings. The third kappa shape index (κ3) is 4.47. The molecule has 2 amide bonds. The normalized spacial score (nSPS) is 18.5. The van der Waals surface area contributed by atoms with Gasteiger partial charge in [-0.15, -0.1) is 0 Å². The molecule has 1 fully saturated rings. The molecule has 7 heteroatoms. The molecule has 0 N–H and O–H groups in total. The van der Waals surface area contributed by atoms with Gasteiger partial charge in [0.2, 0.25) is 0 Å². The second-order valence-corrected chi connectivity index (χ2v) is 7.98. The molecule has 0 bridgehead atoms. The number of ether oxygens (including phenoxy) is 1. The first-order valence-corrected chi connectivity index (χ1v) is 8.79. The molecule has 0 spiro atoms. The second kappa shape index (κ2) is 7.09. The Labute approximate surface area is 151 Å². The number of rotatable bonds is 1. The van der Waals surface area contributed by atoms with E-state index in [2.05, 4.69) is 20.9 Å². The molecule has 1 atom stereocenters. The van der Waals surface area contributed by atoms with Crippen LogP contribution in [0.4, 0.5) is 4.79 Å². The van der Waals surface area contributed by atoms with Crippen molar-refractivity contribution in [1.29, 1.82) is 0 Å². The lowest BCUT2D eigenvalue weighted by molar-refractivity contribution is 0.00614. The molecule has 0 aromatic carbocycles. The van der Waals surface area contributed by atoms with Crippen LogP contribution in [0, 0.1) is 6.92 Å². The smallest absolute Gasteiger partial charge is 0.410 e. The maximum atomic E-state index is 12.8. The van der Waals surface area contributed by atoms with Crippen molar-refractivity contribution in [3.63, 3.8) is 0 Å². The molecule has 2 rings (SSSR count). The van der Waals surface area contributed by atoms with Gasteiger partial charge in [-0.2, -0.15) is 0 Å². The van der Waals surface area contributed by atoms with Crippen molar-refractivity contribution < 1.29 is 14.3 Å². The average molecular weight is 398 g/mol. The summed E-state index contributed by atoms with van der Waals surface area (Å²) in [6, 6.07) is 1.70. The summed E-state index contributed by atoms with van der Waals surface area (Å²) in [5.74, 6) is -0.0577. The number of hydrogen-bond donors (Lipinski definition) is 0. The minimum atomic E-state index is -0.521. The van der Waals surface area contributed by atoms with Crippen LogP contribution in [0.25, 0.3) is 0 Å². The van der Waals surface area contributed by atoms with E-state index in [1.807, 2.05) is 34.6 Å². The quantitative estimate of drug-likeness (QED) is 0.729. The van der Waals surface area contributed by atoms with Crippen LogP contribution in [0.15, 0.2) is 16.7 Å². The Morgan fingerprint density at radius 3 is 2.58 bits per heavy atom. The van der Waals surface area contributed by atoms with E-state index < -0.39 is 5.60 Å². The number of pyridine rings is 1. The molecule has 132 valence electrons. The van der Waals surface area contributed by atoms with Gasteiger partial charge in [0, 0.05) is 36.3 Å². The Balaban J connectivity index is 2.07. The highest BCUT2D eigenvalue weighted by molar-refractivity contribution is 9.10. The van der Waals surface area contributed by atoms with E-state index in [1.165, 1.54) is 0 Å². The highest BCUT2D eigenvalue weighted by Crippen LogP contribution is 2.20. The van der Waals surface area contributed by atoms with Gasteiger partial charge in [-0.3, -0.25) is 9.78 Å². The summed E-state index contributed by atoms with van der Waals surface area (Å²) in [6.07, 6.45) is 1.34. The molecule has 0 unspecified atom stereocenters. The summed E-state index contributed by atoms with van der Waals surface area (Å²) in [4.78, 5) is 32.7. The molecule has 24 heavy (non-hydrogen) atoms. The van der Waals surface area contributed by atoms with E-state index in [0.717, 1.165) is 4.47 Å². The van der Waals surface area contributed by atoms with Crippen LogP contribution in [0.2, 0.25) is 0 Å². The summed E-state index contributed by atoms with van der Waals surface area (Å²) < 4.78 is 6.18. The molecule has 1 aromatic rings. The van der Waals surface area contributed by atoms with Crippen molar-refractivity contribution in [2.75, 3.05) is 19.6 Å². The standard InChI is InChI=1S/C17H24BrN3O3/c1-11-10-20(16(23)24-17(3,4)5)6-7-21(11)15(22)14-8-13(18)9-19-12(14)2/h8-9,11H,6-7,10H2,1-5H3/t11-/m1/s1. The van der Waals surface area contributed by atoms with E-state index in [9.17, 15) is 9.59 Å². The fourth-order valence-electron chi connectivity index (χ4n) is 2.63. The summed E-state index contributed by atoms with van der Waals surface area (Å²) in [5.41, 5.74) is 0.763. The Kier molecular flexibility index (Phi) is 5.52. The molecular weight excluding hydrogens is 374 g/mol. The van der Waals surface area contributed by atoms with E-state index in [4.69, 9.17) is 4.74 Å². The third-order valence-electron chi connectivity index (χ3n) is 3.82. The molecule has 2 heterocycles. The lowest BCUT2D eigenvalue weighted by Gasteiger charge is -2.40. The summed E-state index contributed by atoms with van der Waals surface area (Å²) >= 11 is 3.36. The zero-order valence-electron chi connectivity index (χ0n) is 14.8. The van der Waals surface area contributed by atoms with E-state index in [1.54, 1.807) is 22.1 Å². The number of carbonyl (C=O) groups is 2. The Bertz CT molecular complexity index is 642. The van der Waals surface area contributed by atoms with Crippen molar-refractivity contribution in [2.45, 2.75) is 46.3 Å². The molecule has 0 radical (unpaired) electrons. The third-order valence-corrected chi connectivity index (χ3v) is 4.26. The number of aryl methyl sites for hydroxylation is 1. The number of carbonyl (C=O) groups excluding carboxylic acids is 2. The minimum Gasteiger partial charge on any atom is -0.444 e. The highest BCUT2D eigenvalue weighted by Gasteiger charge is 2.33. The summed E-state index contributed by atoms with van der Waals surface area (Å²) in [5, 5.41) is 0. The van der Waals surface area contributed by atoms with Crippen LogP contribution in [0.5, 0.6) is 0 Å². The zero-order chi connectivity index (χ0) is 18.1. The van der Waals surface area contributed by atoms with Gasteiger partial charge in [0.1, 0.15) is 5.60 Å². The fourth-order valence-corrected chi connectivity index (χ4v) is 2.96. The van der Waals surface area contributed by atoms with E-state index in [-0.39, 0.29) is 18.0 Å². The number of piperazine rings is 1. The zero-order valence-corrected chi connectivity index (χ0v) is 16.4. The Morgan fingerprint density at radius 1 is 1.33 bits per heavy atom. The summed E-state index contributed by atoms with van der Waals surface area (Å²) in [7, 11) is 0. The number of amides is 2. The van der Waals surface area contributed by atoms with Gasteiger partial charge in [-0.1, -0.05) is 0 Å². The van der Waals surface area contributed by atoms with E-state index >= 15 is 0 Å². The lowest BCUT2D eigenvalue weighted by Crippen LogP contribution is -2.56. The molecular formula is C17H24BrN3O3. The van der Waals surface area contributed by atoms with Crippen molar-refractivity contribution in [2.24, 2.45) is 0 Å². The molecule has 6 nitrogen and oxygen atoms in total. The monoisotopic (exact) mass is 397 g/mol. The highest BCUT2D eigenvalue weighted by atomic mass is 79.9. The van der Waals surface area contributed by atoms with Gasteiger partial charge in [-0.25, -0.2) is 4.79 Å². The number of hydrogen-bond acceptors (Lipinski definition) is 4. The predicted molar refractivity (Wildman–Crippen MR) is 95.0 cm³/mol. The van der Waals surface area contributed by atoms with Crippen LogP contribution in [-0.2, 0) is 4.74 Å². The molecule has 1 saturated heterocycles. The number of halogens is 1. The topological polar surface area (TPSA) is 62.7 Å². The maximum absolute atomic E-state index is 12.8. The van der Waals surface area contributed by atoms with Gasteiger partial charge in [0.15, 0.2) is 0 Å². The minimum absolute atomic E-state index is 0.0577. The predicted octanol–water partition coefficient (Wildman–Crippen LogP) is 3.23. The van der Waals surface area contributed by atoms with E-state index in [0.29, 0.717) is 30.9 Å². The van der Waals surface area contributed by atoms with Crippen molar-refractivity contribution in [3.05, 3.63) is 28.0 Å². The van der Waals surface area contributed by atoms with Crippen molar-refractivity contribution in [1.82, 2.24) is 14.8 Å². The van der Waals surface area contributed by atoms with Crippen LogP contribution in [-0.4, -0.2) is 58.1 Å². The van der Waals surface area contributed by atoms with Gasteiger partial charge < -0.3 is 14.5 Å². The van der Waals surface area contributed by atoms with Crippen LogP contribution >= 0.6 is 15.9 Å². The van der Waals surface area contributed by atoms with Crippen LogP contribution in [0.3, 0.4) is 0 Å². The molecule has 1 aromatic heterocycles. The van der Waals surface area contributed by atoms with Gasteiger partial charge in [0.25, 0.3) is 5.91 Å². The van der Waals surface area contributed by atoms with Gasteiger partial charge in [0.05, 0.1) is 11.3 Å². The number of aromatic nitrogens is 1. The molecule has 0 aliphatic carbocycles. The second-order valence-electron chi connectivity index (χ2n) is 7.06. The van der Waals surface area contributed by atoms with Gasteiger partial charge >= 0.3 is 6.09 Å². The Morgan fingerprint density at radius 2 is 2.00 bits per heavy atom. The van der Waals surface area contributed by atoms with Crippen molar-refractivity contribution in [3.8, 4) is 0 Å². The maximum Gasteiger partial charge on any atom is 0.410 e. The first-order valence-electron chi connectivity index (χ1n) is 7.99. The molecule has 0 saturated carbocycles. The SMILES string of the molecule is Cc1ncc(Br)cc1C(=O)N1CCN(C(=O)OC(C)(C)C)C[C@H]1C. The first-order chi connectivity index (χ1) is 11.1.